The Bertz CT molecular complexity index is 661. The van der Waals surface area contributed by atoms with Crippen LogP contribution in [0.15, 0.2) is 54.6 Å². The van der Waals surface area contributed by atoms with E-state index in [2.05, 4.69) is 16.0 Å². The molecular weight excluding hydrogens is 285 g/mol. The second-order valence-corrected chi connectivity index (χ2v) is 4.69. The second kappa shape index (κ2) is 7.21. The van der Waals surface area contributed by atoms with Crippen molar-refractivity contribution < 1.29 is 14.0 Å². The highest BCUT2D eigenvalue weighted by atomic mass is 19.1. The molecule has 114 valence electrons. The molecular formula is C16H16FN3O2. The number of rotatable bonds is 4. The lowest BCUT2D eigenvalue weighted by Crippen LogP contribution is -2.43. The summed E-state index contributed by atoms with van der Waals surface area (Å²) in [5.41, 5.74) is 0.958. The predicted molar refractivity (Wildman–Crippen MR) is 83.1 cm³/mol. The van der Waals surface area contributed by atoms with E-state index >= 15 is 0 Å². The first-order valence-electron chi connectivity index (χ1n) is 6.73. The molecule has 2 aromatic rings. The minimum Gasteiger partial charge on any atom is -0.326 e. The molecule has 0 aromatic heterocycles. The molecule has 0 aliphatic rings. The maximum atomic E-state index is 13.0. The van der Waals surface area contributed by atoms with E-state index < -0.39 is 17.9 Å². The zero-order valence-corrected chi connectivity index (χ0v) is 12.0. The average Bonchev–Trinajstić information content (AvgIpc) is 2.48. The van der Waals surface area contributed by atoms with Gasteiger partial charge in [-0.1, -0.05) is 24.3 Å². The van der Waals surface area contributed by atoms with E-state index in [0.717, 1.165) is 0 Å². The number of anilines is 2. The third-order valence-electron chi connectivity index (χ3n) is 2.86. The number of halogens is 1. The van der Waals surface area contributed by atoms with Gasteiger partial charge in [-0.05, 0) is 37.3 Å². The van der Waals surface area contributed by atoms with E-state index in [0.29, 0.717) is 11.4 Å². The lowest BCUT2D eigenvalue weighted by Gasteiger charge is -2.14. The third-order valence-corrected chi connectivity index (χ3v) is 2.86. The number of hydrogen-bond donors (Lipinski definition) is 3. The van der Waals surface area contributed by atoms with Crippen LogP contribution in [0.4, 0.5) is 20.6 Å². The number of benzene rings is 2. The SMILES string of the molecule is C[C@@H](NC(=O)Nc1cccc(F)c1)C(=O)Nc1ccccc1. The molecule has 3 N–H and O–H groups in total. The maximum Gasteiger partial charge on any atom is 0.319 e. The van der Waals surface area contributed by atoms with Crippen molar-refractivity contribution >= 4 is 23.3 Å². The number of hydrogen-bond acceptors (Lipinski definition) is 2. The maximum absolute atomic E-state index is 13.0. The van der Waals surface area contributed by atoms with Gasteiger partial charge in [-0.15, -0.1) is 0 Å². The van der Waals surface area contributed by atoms with Gasteiger partial charge in [0, 0.05) is 11.4 Å². The zero-order chi connectivity index (χ0) is 15.9. The van der Waals surface area contributed by atoms with E-state index in [1.165, 1.54) is 18.2 Å². The summed E-state index contributed by atoms with van der Waals surface area (Å²) in [7, 11) is 0. The van der Waals surface area contributed by atoms with Crippen LogP contribution in [0.3, 0.4) is 0 Å². The van der Waals surface area contributed by atoms with Gasteiger partial charge in [0.05, 0.1) is 0 Å². The van der Waals surface area contributed by atoms with Crippen LogP contribution in [0.2, 0.25) is 0 Å². The highest BCUT2D eigenvalue weighted by molar-refractivity contribution is 5.98. The van der Waals surface area contributed by atoms with Gasteiger partial charge in [0.1, 0.15) is 11.9 Å². The van der Waals surface area contributed by atoms with Crippen molar-refractivity contribution in [3.8, 4) is 0 Å². The Labute approximate surface area is 127 Å². The van der Waals surface area contributed by atoms with E-state index in [4.69, 9.17) is 0 Å². The topological polar surface area (TPSA) is 70.2 Å². The number of carbonyl (C=O) groups is 2. The molecule has 0 unspecified atom stereocenters. The van der Waals surface area contributed by atoms with Gasteiger partial charge >= 0.3 is 6.03 Å². The fourth-order valence-electron chi connectivity index (χ4n) is 1.77. The predicted octanol–water partition coefficient (Wildman–Crippen LogP) is 2.97. The van der Waals surface area contributed by atoms with E-state index in [1.807, 2.05) is 6.07 Å². The molecule has 2 rings (SSSR count). The molecule has 0 saturated heterocycles. The van der Waals surface area contributed by atoms with Gasteiger partial charge in [0.2, 0.25) is 5.91 Å². The Kier molecular flexibility index (Phi) is 5.08. The highest BCUT2D eigenvalue weighted by Gasteiger charge is 2.15. The minimum absolute atomic E-state index is 0.313. The normalized spacial score (nSPS) is 11.4. The Morgan fingerprint density at radius 1 is 0.955 bits per heavy atom. The van der Waals surface area contributed by atoms with Crippen LogP contribution in [-0.2, 0) is 4.79 Å². The first-order chi connectivity index (χ1) is 10.5. The second-order valence-electron chi connectivity index (χ2n) is 4.69. The molecule has 0 radical (unpaired) electrons. The Balaban J connectivity index is 1.86. The largest absolute Gasteiger partial charge is 0.326 e. The molecule has 2 aromatic carbocycles. The number of nitrogens with one attached hydrogen (secondary N) is 3. The Hall–Kier alpha value is -2.89. The fourth-order valence-corrected chi connectivity index (χ4v) is 1.77. The molecule has 0 saturated carbocycles. The Morgan fingerprint density at radius 2 is 1.64 bits per heavy atom. The average molecular weight is 301 g/mol. The van der Waals surface area contributed by atoms with Gasteiger partial charge in [-0.2, -0.15) is 0 Å². The van der Waals surface area contributed by atoms with Crippen molar-refractivity contribution in [1.29, 1.82) is 0 Å². The van der Waals surface area contributed by atoms with Crippen LogP contribution in [0, 0.1) is 5.82 Å². The van der Waals surface area contributed by atoms with E-state index in [9.17, 15) is 14.0 Å². The molecule has 0 bridgehead atoms. The summed E-state index contributed by atoms with van der Waals surface area (Å²) in [6, 6.07) is 13.1. The molecule has 0 spiro atoms. The summed E-state index contributed by atoms with van der Waals surface area (Å²) in [6.45, 7) is 1.56. The lowest BCUT2D eigenvalue weighted by molar-refractivity contribution is -0.117. The molecule has 5 nitrogen and oxygen atoms in total. The van der Waals surface area contributed by atoms with Crippen molar-refractivity contribution in [1.82, 2.24) is 5.32 Å². The molecule has 0 heterocycles. The summed E-state index contributed by atoms with van der Waals surface area (Å²) in [4.78, 5) is 23.7. The smallest absolute Gasteiger partial charge is 0.319 e. The summed E-state index contributed by atoms with van der Waals surface area (Å²) < 4.78 is 13.0. The first kappa shape index (κ1) is 15.5. The van der Waals surface area contributed by atoms with Crippen LogP contribution in [0.25, 0.3) is 0 Å². The van der Waals surface area contributed by atoms with Crippen molar-refractivity contribution in [2.45, 2.75) is 13.0 Å². The highest BCUT2D eigenvalue weighted by Crippen LogP contribution is 2.09. The Morgan fingerprint density at radius 3 is 2.32 bits per heavy atom. The van der Waals surface area contributed by atoms with Crippen LogP contribution >= 0.6 is 0 Å². The minimum atomic E-state index is -0.742. The van der Waals surface area contributed by atoms with Crippen molar-refractivity contribution in [3.05, 3.63) is 60.4 Å². The molecule has 1 atom stereocenters. The van der Waals surface area contributed by atoms with Crippen molar-refractivity contribution in [3.63, 3.8) is 0 Å². The number of amides is 3. The molecule has 22 heavy (non-hydrogen) atoms. The van der Waals surface area contributed by atoms with Gasteiger partial charge in [-0.3, -0.25) is 4.79 Å². The van der Waals surface area contributed by atoms with Gasteiger partial charge in [0.15, 0.2) is 0 Å². The zero-order valence-electron chi connectivity index (χ0n) is 12.0. The fraction of sp³-hybridized carbons (Fsp3) is 0.125. The van der Waals surface area contributed by atoms with Crippen LogP contribution < -0.4 is 16.0 Å². The van der Waals surface area contributed by atoms with Crippen molar-refractivity contribution in [2.75, 3.05) is 10.6 Å². The summed E-state index contributed by atoms with van der Waals surface area (Å²) in [5, 5.41) is 7.62. The quantitative estimate of drug-likeness (QED) is 0.812. The summed E-state index contributed by atoms with van der Waals surface area (Å²) >= 11 is 0. The van der Waals surface area contributed by atoms with E-state index in [-0.39, 0.29) is 5.91 Å². The van der Waals surface area contributed by atoms with E-state index in [1.54, 1.807) is 37.3 Å². The first-order valence-corrected chi connectivity index (χ1v) is 6.73. The number of urea groups is 1. The summed E-state index contributed by atoms with van der Waals surface area (Å²) in [5.74, 6) is -0.798. The number of carbonyl (C=O) groups excluding carboxylic acids is 2. The lowest BCUT2D eigenvalue weighted by atomic mass is 10.2. The number of para-hydroxylation sites is 1. The van der Waals surface area contributed by atoms with Gasteiger partial charge in [-0.25, -0.2) is 9.18 Å². The van der Waals surface area contributed by atoms with Crippen LogP contribution in [0.1, 0.15) is 6.92 Å². The molecule has 0 aliphatic carbocycles. The van der Waals surface area contributed by atoms with Crippen LogP contribution in [-0.4, -0.2) is 18.0 Å². The molecule has 0 aliphatic heterocycles. The molecule has 6 heteroatoms. The van der Waals surface area contributed by atoms with Crippen LogP contribution in [0.5, 0.6) is 0 Å². The van der Waals surface area contributed by atoms with Gasteiger partial charge < -0.3 is 16.0 Å². The summed E-state index contributed by atoms with van der Waals surface area (Å²) in [6.07, 6.45) is 0. The standard InChI is InChI=1S/C16H16FN3O2/c1-11(15(21)19-13-7-3-2-4-8-13)18-16(22)20-14-9-5-6-12(17)10-14/h2-11H,1H3,(H,19,21)(H2,18,20,22)/t11-/m1/s1. The van der Waals surface area contributed by atoms with Crippen molar-refractivity contribution in [2.24, 2.45) is 0 Å². The monoisotopic (exact) mass is 301 g/mol. The molecule has 0 fully saturated rings. The molecule has 3 amide bonds. The third kappa shape index (κ3) is 4.59. The van der Waals surface area contributed by atoms with Gasteiger partial charge in [0.25, 0.3) is 0 Å².